The molecule has 1 aromatic carbocycles. The molecule has 6 nitrogen and oxygen atoms in total. The second-order valence-corrected chi connectivity index (χ2v) is 7.92. The van der Waals surface area contributed by atoms with E-state index >= 15 is 0 Å². The third-order valence-electron chi connectivity index (χ3n) is 4.83. The van der Waals surface area contributed by atoms with Crippen LogP contribution in [0.15, 0.2) is 53.0 Å². The van der Waals surface area contributed by atoms with E-state index in [-0.39, 0.29) is 10.8 Å². The van der Waals surface area contributed by atoms with Crippen molar-refractivity contribution in [3.63, 3.8) is 0 Å². The van der Waals surface area contributed by atoms with Crippen LogP contribution in [0.3, 0.4) is 0 Å². The average molecular weight is 434 g/mol. The first-order valence-corrected chi connectivity index (χ1v) is 10.0. The third kappa shape index (κ3) is 4.54. The Balaban J connectivity index is 1.35. The van der Waals surface area contributed by atoms with Gasteiger partial charge in [-0.15, -0.1) is 0 Å². The molecule has 1 aliphatic rings. The highest BCUT2D eigenvalue weighted by Crippen LogP contribution is 2.30. The fourth-order valence-electron chi connectivity index (χ4n) is 3.30. The second kappa shape index (κ2) is 7.94. The number of H-pyrrole nitrogens is 1. The molecule has 0 unspecified atom stereocenters. The highest BCUT2D eigenvalue weighted by atomic mass is 32.1. The number of hydrogen-bond acceptors (Lipinski definition) is 5. The molecule has 0 spiro atoms. The van der Waals surface area contributed by atoms with Gasteiger partial charge in [0.1, 0.15) is 5.82 Å². The molecule has 0 aliphatic carbocycles. The molecule has 0 bridgehead atoms. The number of alkyl halides is 3. The van der Waals surface area contributed by atoms with Crippen LogP contribution in [0.5, 0.6) is 0 Å². The van der Waals surface area contributed by atoms with Crippen molar-refractivity contribution in [3.8, 4) is 0 Å². The minimum absolute atomic E-state index is 0.148. The lowest BCUT2D eigenvalue weighted by atomic mass is 10.0. The summed E-state index contributed by atoms with van der Waals surface area (Å²) in [7, 11) is 0. The Morgan fingerprint density at radius 3 is 2.63 bits per heavy atom. The number of aromatic amines is 1. The van der Waals surface area contributed by atoms with Gasteiger partial charge in [0.05, 0.1) is 15.8 Å². The van der Waals surface area contributed by atoms with E-state index in [1.807, 2.05) is 4.90 Å². The third-order valence-corrected chi connectivity index (χ3v) is 5.67. The van der Waals surface area contributed by atoms with Crippen LogP contribution in [-0.4, -0.2) is 29.0 Å². The van der Waals surface area contributed by atoms with Crippen LogP contribution in [0, 0.1) is 0 Å². The number of anilines is 2. The van der Waals surface area contributed by atoms with E-state index in [2.05, 4.69) is 15.3 Å². The molecule has 1 amide bonds. The summed E-state index contributed by atoms with van der Waals surface area (Å²) in [6.07, 6.45) is -0.767. The first-order chi connectivity index (χ1) is 14.3. The number of nitrogens with zero attached hydrogens (tertiary/aromatic N) is 2. The first kappa shape index (κ1) is 20.1. The van der Waals surface area contributed by atoms with Crippen molar-refractivity contribution in [1.29, 1.82) is 0 Å². The maximum Gasteiger partial charge on any atom is 0.417 e. The molecule has 4 rings (SSSR count). The number of aromatic nitrogens is 2. The van der Waals surface area contributed by atoms with Gasteiger partial charge >= 0.3 is 11.0 Å². The van der Waals surface area contributed by atoms with Crippen molar-refractivity contribution < 1.29 is 18.0 Å². The van der Waals surface area contributed by atoms with Gasteiger partial charge in [0.15, 0.2) is 0 Å². The van der Waals surface area contributed by atoms with Gasteiger partial charge in [-0.25, -0.2) is 4.98 Å². The number of hydrogen-bond donors (Lipinski definition) is 2. The van der Waals surface area contributed by atoms with Crippen molar-refractivity contribution in [2.24, 2.45) is 0 Å². The Hall–Kier alpha value is -3.14. The molecule has 2 N–H and O–H groups in total. The summed E-state index contributed by atoms with van der Waals surface area (Å²) in [6, 6.07) is 7.60. The van der Waals surface area contributed by atoms with E-state index in [0.29, 0.717) is 37.4 Å². The number of thiazole rings is 1. The van der Waals surface area contributed by atoms with Gasteiger partial charge in [-0.2, -0.15) is 13.2 Å². The van der Waals surface area contributed by atoms with Crippen molar-refractivity contribution in [1.82, 2.24) is 9.97 Å². The zero-order valence-corrected chi connectivity index (χ0v) is 16.4. The molecule has 3 heterocycles. The van der Waals surface area contributed by atoms with Gasteiger partial charge in [-0.1, -0.05) is 16.9 Å². The lowest BCUT2D eigenvalue weighted by molar-refractivity contribution is -0.137. The molecule has 0 atom stereocenters. The number of rotatable bonds is 3. The van der Waals surface area contributed by atoms with Crippen LogP contribution in [0.1, 0.15) is 18.4 Å². The monoisotopic (exact) mass is 434 g/mol. The van der Waals surface area contributed by atoms with Gasteiger partial charge in [0, 0.05) is 31.0 Å². The minimum Gasteiger partial charge on any atom is -0.356 e. The lowest BCUT2D eigenvalue weighted by Gasteiger charge is -2.29. The number of fused-ring (bicyclic) bond motifs is 1. The van der Waals surface area contributed by atoms with Crippen LogP contribution in [0.25, 0.3) is 10.2 Å². The summed E-state index contributed by atoms with van der Waals surface area (Å²) in [5.41, 5.74) is 1.52. The normalized spacial score (nSPS) is 14.8. The number of benzene rings is 1. The fraction of sp³-hybridized carbons (Fsp3) is 0.250. The standard InChI is InChI=1S/C20H17F3N4O2S/c21-20(22,23)13-1-4-17(24-11-13)27-7-5-12(6-8-27)9-18(28)25-14-2-3-15-16(10-14)30-19(29)26-15/h1-4,9-11H,5-8H2,(H,25,28)(H,26,29). The Morgan fingerprint density at radius 2 is 1.97 bits per heavy atom. The number of carbonyl (C=O) groups is 1. The minimum atomic E-state index is -4.40. The fourth-order valence-corrected chi connectivity index (χ4v) is 4.07. The molecular formula is C20H17F3N4O2S. The molecule has 30 heavy (non-hydrogen) atoms. The zero-order valence-electron chi connectivity index (χ0n) is 15.6. The molecule has 3 aromatic rings. The quantitative estimate of drug-likeness (QED) is 0.607. The number of halogens is 3. The summed E-state index contributed by atoms with van der Waals surface area (Å²) < 4.78 is 38.7. The largest absolute Gasteiger partial charge is 0.417 e. The number of nitrogens with one attached hydrogen (secondary N) is 2. The molecule has 1 aliphatic heterocycles. The smallest absolute Gasteiger partial charge is 0.356 e. The highest BCUT2D eigenvalue weighted by Gasteiger charge is 2.31. The molecule has 1 saturated heterocycles. The summed E-state index contributed by atoms with van der Waals surface area (Å²) in [5, 5.41) is 2.80. The molecule has 1 fully saturated rings. The molecule has 0 saturated carbocycles. The van der Waals surface area contributed by atoms with Crippen LogP contribution >= 0.6 is 11.3 Å². The van der Waals surface area contributed by atoms with Gasteiger partial charge < -0.3 is 15.2 Å². The second-order valence-electron chi connectivity index (χ2n) is 6.91. The Labute approximate surface area is 173 Å². The van der Waals surface area contributed by atoms with E-state index in [4.69, 9.17) is 0 Å². The van der Waals surface area contributed by atoms with Gasteiger partial charge in [-0.05, 0) is 43.2 Å². The number of amides is 1. The van der Waals surface area contributed by atoms with E-state index in [1.54, 1.807) is 24.3 Å². The van der Waals surface area contributed by atoms with E-state index in [0.717, 1.165) is 39.4 Å². The van der Waals surface area contributed by atoms with Gasteiger partial charge in [0.2, 0.25) is 5.91 Å². The van der Waals surface area contributed by atoms with E-state index < -0.39 is 11.7 Å². The van der Waals surface area contributed by atoms with Gasteiger partial charge in [-0.3, -0.25) is 9.59 Å². The predicted molar refractivity (Wildman–Crippen MR) is 110 cm³/mol. The van der Waals surface area contributed by atoms with Crippen molar-refractivity contribution >= 4 is 39.0 Å². The van der Waals surface area contributed by atoms with Crippen molar-refractivity contribution in [2.75, 3.05) is 23.3 Å². The highest BCUT2D eigenvalue weighted by molar-refractivity contribution is 7.16. The summed E-state index contributed by atoms with van der Waals surface area (Å²) in [6.45, 7) is 1.14. The van der Waals surface area contributed by atoms with Crippen LogP contribution in [0.2, 0.25) is 0 Å². The summed E-state index contributed by atoms with van der Waals surface area (Å²) >= 11 is 1.08. The van der Waals surface area contributed by atoms with E-state index in [1.165, 1.54) is 6.07 Å². The van der Waals surface area contributed by atoms with Gasteiger partial charge in [0.25, 0.3) is 0 Å². The van der Waals surface area contributed by atoms with Crippen LogP contribution < -0.4 is 15.1 Å². The number of pyridine rings is 1. The maximum atomic E-state index is 12.7. The Bertz CT molecular complexity index is 1160. The lowest BCUT2D eigenvalue weighted by Crippen LogP contribution is -2.31. The maximum absolute atomic E-state index is 12.7. The van der Waals surface area contributed by atoms with Crippen LogP contribution in [-0.2, 0) is 11.0 Å². The van der Waals surface area contributed by atoms with E-state index in [9.17, 15) is 22.8 Å². The average Bonchev–Trinajstić information content (AvgIpc) is 3.07. The molecule has 2 aromatic heterocycles. The Kier molecular flexibility index (Phi) is 5.33. The predicted octanol–water partition coefficient (Wildman–Crippen LogP) is 4.17. The first-order valence-electron chi connectivity index (χ1n) is 9.19. The Morgan fingerprint density at radius 1 is 1.20 bits per heavy atom. The number of piperidine rings is 1. The zero-order chi connectivity index (χ0) is 21.3. The molecular weight excluding hydrogens is 417 g/mol. The molecule has 156 valence electrons. The summed E-state index contributed by atoms with van der Waals surface area (Å²) in [4.78, 5) is 32.1. The van der Waals surface area contributed by atoms with Crippen molar-refractivity contribution in [3.05, 3.63) is 63.4 Å². The molecule has 10 heteroatoms. The topological polar surface area (TPSA) is 78.1 Å². The molecule has 0 radical (unpaired) electrons. The SMILES string of the molecule is O=C(C=C1CCN(c2ccc(C(F)(F)F)cn2)CC1)Nc1ccc2[nH]c(=O)sc2c1. The summed E-state index contributed by atoms with van der Waals surface area (Å²) in [5.74, 6) is 0.235. The van der Waals surface area contributed by atoms with Crippen molar-refractivity contribution in [2.45, 2.75) is 19.0 Å². The van der Waals surface area contributed by atoms with Crippen LogP contribution in [0.4, 0.5) is 24.7 Å². The number of carbonyl (C=O) groups excluding carboxylic acids is 1.